The maximum absolute atomic E-state index is 12.0. The number of ether oxygens (including phenoxy) is 2. The van der Waals surface area contributed by atoms with Gasteiger partial charge in [-0.2, -0.15) is 0 Å². The molecule has 1 aromatic rings. The Hall–Kier alpha value is -2.31. The monoisotopic (exact) mass is 296 g/mol. The van der Waals surface area contributed by atoms with Crippen molar-refractivity contribution in [3.8, 4) is 5.75 Å². The molecule has 1 rings (SSSR count). The lowest BCUT2D eigenvalue weighted by molar-refractivity contribution is -0.384. The van der Waals surface area contributed by atoms with Crippen LogP contribution in [0.5, 0.6) is 5.75 Å². The van der Waals surface area contributed by atoms with Crippen LogP contribution in [0.25, 0.3) is 0 Å². The number of esters is 1. The van der Waals surface area contributed by atoms with Gasteiger partial charge in [0.25, 0.3) is 0 Å². The molecular weight excluding hydrogens is 276 g/mol. The molecule has 0 saturated heterocycles. The molecule has 0 radical (unpaired) electrons. The molecule has 0 aliphatic carbocycles. The largest absolute Gasteiger partial charge is 0.490 e. The zero-order chi connectivity index (χ0) is 16.0. The average Bonchev–Trinajstić information content (AvgIpc) is 2.45. The predicted molar refractivity (Wildman–Crippen MR) is 78.6 cm³/mol. The van der Waals surface area contributed by atoms with Crippen LogP contribution in [0.3, 0.4) is 0 Å². The minimum atomic E-state index is -1.04. The second-order valence-corrected chi connectivity index (χ2v) is 4.81. The molecule has 0 amide bonds. The minimum Gasteiger partial charge on any atom is -0.490 e. The van der Waals surface area contributed by atoms with Gasteiger partial charge in [-0.05, 0) is 25.5 Å². The summed E-state index contributed by atoms with van der Waals surface area (Å²) >= 11 is 0. The van der Waals surface area contributed by atoms with Gasteiger partial charge in [-0.25, -0.2) is 4.79 Å². The number of hydrogen-bond acceptors (Lipinski definition) is 6. The molecule has 1 N–H and O–H groups in total. The molecule has 0 aliphatic rings. The molecule has 0 spiro atoms. The van der Waals surface area contributed by atoms with Gasteiger partial charge >= 0.3 is 11.7 Å². The van der Waals surface area contributed by atoms with Gasteiger partial charge in [0.2, 0.25) is 0 Å². The number of carbonyl (C=O) groups is 1. The van der Waals surface area contributed by atoms with E-state index in [2.05, 4.69) is 5.32 Å². The Balaban J connectivity index is 3.27. The molecule has 0 bridgehead atoms. The zero-order valence-corrected chi connectivity index (χ0v) is 12.6. The van der Waals surface area contributed by atoms with Crippen LogP contribution in [-0.4, -0.2) is 30.7 Å². The maximum Gasteiger partial charge on any atom is 0.333 e. The van der Waals surface area contributed by atoms with Gasteiger partial charge in [0.15, 0.2) is 5.75 Å². The van der Waals surface area contributed by atoms with E-state index >= 15 is 0 Å². The molecule has 0 aliphatic heterocycles. The van der Waals surface area contributed by atoms with Crippen molar-refractivity contribution in [1.29, 1.82) is 0 Å². The van der Waals surface area contributed by atoms with E-state index in [0.717, 1.165) is 6.42 Å². The first-order valence-corrected chi connectivity index (χ1v) is 6.57. The van der Waals surface area contributed by atoms with Crippen molar-refractivity contribution in [3.05, 3.63) is 28.3 Å². The highest BCUT2D eigenvalue weighted by Crippen LogP contribution is 2.36. The Bertz CT molecular complexity index is 532. The van der Waals surface area contributed by atoms with E-state index in [4.69, 9.17) is 9.47 Å². The molecule has 1 atom stereocenters. The van der Waals surface area contributed by atoms with Crippen LogP contribution in [-0.2, 0) is 9.53 Å². The molecule has 21 heavy (non-hydrogen) atoms. The Kier molecular flexibility index (Phi) is 5.52. The quantitative estimate of drug-likeness (QED) is 0.472. The number of para-hydroxylation sites is 1. The van der Waals surface area contributed by atoms with Gasteiger partial charge in [-0.15, -0.1) is 0 Å². The van der Waals surface area contributed by atoms with Gasteiger partial charge in [0.05, 0.1) is 19.1 Å². The van der Waals surface area contributed by atoms with Crippen molar-refractivity contribution in [2.24, 2.45) is 0 Å². The summed E-state index contributed by atoms with van der Waals surface area (Å²) in [7, 11) is 2.65. The minimum absolute atomic E-state index is 0.133. The van der Waals surface area contributed by atoms with E-state index in [-0.39, 0.29) is 17.1 Å². The number of nitrogens with one attached hydrogen (secondary N) is 1. The smallest absolute Gasteiger partial charge is 0.333 e. The highest BCUT2D eigenvalue weighted by Gasteiger charge is 2.36. The Morgan fingerprint density at radius 2 is 2.10 bits per heavy atom. The molecular formula is C14H20N2O5. The first kappa shape index (κ1) is 16.7. The lowest BCUT2D eigenvalue weighted by Crippen LogP contribution is -2.44. The van der Waals surface area contributed by atoms with Crippen LogP contribution in [0.2, 0.25) is 0 Å². The van der Waals surface area contributed by atoms with E-state index in [1.165, 1.54) is 26.4 Å². The molecule has 0 aromatic heterocycles. The maximum atomic E-state index is 12.0. The summed E-state index contributed by atoms with van der Waals surface area (Å²) in [5.41, 5.74) is -1.02. The summed E-state index contributed by atoms with van der Waals surface area (Å²) in [6.07, 6.45) is 1.20. The van der Waals surface area contributed by atoms with E-state index in [9.17, 15) is 14.9 Å². The van der Waals surface area contributed by atoms with Gasteiger partial charge in [-0.3, -0.25) is 10.1 Å². The van der Waals surface area contributed by atoms with Crippen LogP contribution < -0.4 is 10.1 Å². The number of anilines is 1. The first-order valence-electron chi connectivity index (χ1n) is 6.57. The fraction of sp³-hybridized carbons (Fsp3) is 0.500. The number of nitro benzene ring substituents is 1. The average molecular weight is 296 g/mol. The number of carbonyl (C=O) groups excluding carboxylic acids is 1. The van der Waals surface area contributed by atoms with Crippen LogP contribution in [0.15, 0.2) is 18.2 Å². The van der Waals surface area contributed by atoms with Crippen molar-refractivity contribution in [1.82, 2.24) is 0 Å². The summed E-state index contributed by atoms with van der Waals surface area (Å²) in [5.74, 6) is -0.338. The van der Waals surface area contributed by atoms with E-state index in [0.29, 0.717) is 6.42 Å². The molecule has 116 valence electrons. The third kappa shape index (κ3) is 3.62. The lowest BCUT2D eigenvalue weighted by atomic mass is 9.95. The van der Waals surface area contributed by atoms with Crippen LogP contribution in [0, 0.1) is 10.1 Å². The normalized spacial score (nSPS) is 13.1. The lowest BCUT2D eigenvalue weighted by Gasteiger charge is -2.28. The SMILES string of the molecule is CCCC(C)(Nc1cccc(OC)c1[N+](=O)[O-])C(=O)OC. The highest BCUT2D eigenvalue weighted by molar-refractivity contribution is 5.85. The van der Waals surface area contributed by atoms with Gasteiger partial charge in [0.1, 0.15) is 11.2 Å². The van der Waals surface area contributed by atoms with Crippen LogP contribution in [0.1, 0.15) is 26.7 Å². The third-order valence-electron chi connectivity index (χ3n) is 3.20. The van der Waals surface area contributed by atoms with Crippen molar-refractivity contribution < 1.29 is 19.2 Å². The fourth-order valence-corrected chi connectivity index (χ4v) is 2.21. The summed E-state index contributed by atoms with van der Waals surface area (Å²) in [4.78, 5) is 22.7. The Labute approximate surface area is 123 Å². The second-order valence-electron chi connectivity index (χ2n) is 4.81. The molecule has 1 aromatic carbocycles. The molecule has 7 heteroatoms. The first-order chi connectivity index (χ1) is 9.89. The predicted octanol–water partition coefficient (Wildman–Crippen LogP) is 2.75. The molecule has 0 saturated carbocycles. The summed E-state index contributed by atoms with van der Waals surface area (Å²) in [6, 6.07) is 4.66. The van der Waals surface area contributed by atoms with E-state index in [1.807, 2.05) is 6.92 Å². The number of methoxy groups -OCH3 is 2. The van der Waals surface area contributed by atoms with Gasteiger partial charge in [0, 0.05) is 0 Å². The third-order valence-corrected chi connectivity index (χ3v) is 3.20. The summed E-state index contributed by atoms with van der Waals surface area (Å²) in [5, 5.41) is 14.2. The van der Waals surface area contributed by atoms with Crippen molar-refractivity contribution in [2.45, 2.75) is 32.2 Å². The van der Waals surface area contributed by atoms with Crippen molar-refractivity contribution in [3.63, 3.8) is 0 Å². The standard InChI is InChI=1S/C14H20N2O5/c1-5-9-14(2,13(17)21-4)15-10-7-6-8-11(20-3)12(10)16(18)19/h6-8,15H,5,9H2,1-4H3. The van der Waals surface area contributed by atoms with Gasteiger partial charge < -0.3 is 14.8 Å². The summed E-state index contributed by atoms with van der Waals surface area (Å²) < 4.78 is 9.81. The summed E-state index contributed by atoms with van der Waals surface area (Å²) in [6.45, 7) is 3.58. The molecule has 1 unspecified atom stereocenters. The Morgan fingerprint density at radius 3 is 2.57 bits per heavy atom. The van der Waals surface area contributed by atoms with Gasteiger partial charge in [-0.1, -0.05) is 19.4 Å². The fourth-order valence-electron chi connectivity index (χ4n) is 2.21. The molecule has 0 heterocycles. The number of nitro groups is 1. The van der Waals surface area contributed by atoms with Crippen LogP contribution in [0.4, 0.5) is 11.4 Å². The topological polar surface area (TPSA) is 90.7 Å². The Morgan fingerprint density at radius 1 is 1.43 bits per heavy atom. The van der Waals surface area contributed by atoms with Crippen LogP contribution >= 0.6 is 0 Å². The number of benzene rings is 1. The molecule has 0 fully saturated rings. The van der Waals surface area contributed by atoms with E-state index < -0.39 is 16.4 Å². The number of nitrogens with zero attached hydrogens (tertiary/aromatic N) is 1. The van der Waals surface area contributed by atoms with Crippen molar-refractivity contribution >= 4 is 17.3 Å². The van der Waals surface area contributed by atoms with E-state index in [1.54, 1.807) is 13.0 Å². The number of hydrogen-bond donors (Lipinski definition) is 1. The number of rotatable bonds is 7. The van der Waals surface area contributed by atoms with Crippen molar-refractivity contribution in [2.75, 3.05) is 19.5 Å². The molecule has 7 nitrogen and oxygen atoms in total. The zero-order valence-electron chi connectivity index (χ0n) is 12.6. The highest BCUT2D eigenvalue weighted by atomic mass is 16.6. The second kappa shape index (κ2) is 6.92.